The van der Waals surface area contributed by atoms with Crippen LogP contribution < -0.4 is 0 Å². The van der Waals surface area contributed by atoms with Crippen molar-refractivity contribution in [3.63, 3.8) is 0 Å². The Morgan fingerprint density at radius 1 is 1.20 bits per heavy atom. The summed E-state index contributed by atoms with van der Waals surface area (Å²) in [5, 5.41) is 9.34. The van der Waals surface area contributed by atoms with Crippen LogP contribution in [0.4, 0.5) is 0 Å². The molecule has 1 nitrogen and oxygen atoms in total. The third kappa shape index (κ3) is 3.67. The highest BCUT2D eigenvalue weighted by Crippen LogP contribution is 2.20. The summed E-state index contributed by atoms with van der Waals surface area (Å²) in [5.74, 6) is 0.994. The highest BCUT2D eigenvalue weighted by molar-refractivity contribution is 5.21. The fourth-order valence-corrected chi connectivity index (χ4v) is 1.81. The monoisotopic (exact) mass is 206 g/mol. The van der Waals surface area contributed by atoms with Gasteiger partial charge in [0.1, 0.15) is 0 Å². The Labute approximate surface area is 93.1 Å². The first-order valence-electron chi connectivity index (χ1n) is 5.83. The van der Waals surface area contributed by atoms with Crippen LogP contribution in [0.2, 0.25) is 0 Å². The maximum Gasteiger partial charge on any atom is 0.0464 e. The van der Waals surface area contributed by atoms with Crippen LogP contribution in [0.1, 0.15) is 31.4 Å². The third-order valence-electron chi connectivity index (χ3n) is 3.30. The van der Waals surface area contributed by atoms with Crippen LogP contribution in [-0.4, -0.2) is 11.7 Å². The summed E-state index contributed by atoms with van der Waals surface area (Å²) in [7, 11) is 0. The van der Waals surface area contributed by atoms with E-state index in [2.05, 4.69) is 45.0 Å². The summed E-state index contributed by atoms with van der Waals surface area (Å²) < 4.78 is 0. The molecule has 2 unspecified atom stereocenters. The number of hydrogen-bond donors (Lipinski definition) is 1. The first-order valence-corrected chi connectivity index (χ1v) is 5.83. The lowest BCUT2D eigenvalue weighted by atomic mass is 9.87. The van der Waals surface area contributed by atoms with E-state index in [1.807, 2.05) is 0 Å². The van der Waals surface area contributed by atoms with E-state index < -0.39 is 0 Å². The van der Waals surface area contributed by atoms with Crippen molar-refractivity contribution in [2.24, 2.45) is 11.8 Å². The molecule has 0 saturated carbocycles. The molecule has 1 N–H and O–H groups in total. The predicted molar refractivity (Wildman–Crippen MR) is 64.9 cm³/mol. The van der Waals surface area contributed by atoms with Crippen LogP contribution in [0.15, 0.2) is 24.3 Å². The van der Waals surface area contributed by atoms with Gasteiger partial charge in [-0.3, -0.25) is 0 Å². The maximum atomic E-state index is 9.34. The molecule has 0 amide bonds. The summed E-state index contributed by atoms with van der Waals surface area (Å²) >= 11 is 0. The minimum Gasteiger partial charge on any atom is -0.396 e. The zero-order valence-electron chi connectivity index (χ0n) is 10.0. The fourth-order valence-electron chi connectivity index (χ4n) is 1.81. The van der Waals surface area contributed by atoms with Crippen LogP contribution >= 0.6 is 0 Å². The third-order valence-corrected chi connectivity index (χ3v) is 3.30. The van der Waals surface area contributed by atoms with Gasteiger partial charge in [-0.25, -0.2) is 0 Å². The number of hydrogen-bond acceptors (Lipinski definition) is 1. The van der Waals surface area contributed by atoms with Gasteiger partial charge in [-0.05, 0) is 30.7 Å². The Balaban J connectivity index is 2.62. The van der Waals surface area contributed by atoms with Crippen LogP contribution in [0.25, 0.3) is 0 Å². The lowest BCUT2D eigenvalue weighted by Gasteiger charge is -2.20. The van der Waals surface area contributed by atoms with Crippen molar-refractivity contribution in [3.8, 4) is 0 Å². The number of aliphatic hydroxyl groups excluding tert-OH is 1. The minimum atomic E-state index is 0.295. The largest absolute Gasteiger partial charge is 0.396 e. The minimum absolute atomic E-state index is 0.295. The molecular formula is C14H22O. The standard InChI is InChI=1S/C14H22O/c1-4-12(3)14(10-15)9-13-7-5-11(2)6-8-13/h5-8,12,14-15H,4,9-10H2,1-3H3. The first kappa shape index (κ1) is 12.3. The van der Waals surface area contributed by atoms with Gasteiger partial charge in [0.2, 0.25) is 0 Å². The zero-order valence-corrected chi connectivity index (χ0v) is 10.0. The zero-order chi connectivity index (χ0) is 11.3. The Morgan fingerprint density at radius 3 is 2.27 bits per heavy atom. The Kier molecular flexibility index (Phi) is 4.83. The topological polar surface area (TPSA) is 20.2 Å². The van der Waals surface area contributed by atoms with Crippen molar-refractivity contribution in [2.45, 2.75) is 33.6 Å². The number of aryl methyl sites for hydroxylation is 1. The maximum absolute atomic E-state index is 9.34. The Hall–Kier alpha value is -0.820. The van der Waals surface area contributed by atoms with Crippen molar-refractivity contribution in [3.05, 3.63) is 35.4 Å². The van der Waals surface area contributed by atoms with Crippen LogP contribution in [-0.2, 0) is 6.42 Å². The van der Waals surface area contributed by atoms with E-state index in [-0.39, 0.29) is 0 Å². The lowest BCUT2D eigenvalue weighted by molar-refractivity contribution is 0.179. The van der Waals surface area contributed by atoms with Crippen molar-refractivity contribution in [1.82, 2.24) is 0 Å². The van der Waals surface area contributed by atoms with Gasteiger partial charge in [0.15, 0.2) is 0 Å². The molecule has 1 aromatic rings. The van der Waals surface area contributed by atoms with Crippen molar-refractivity contribution < 1.29 is 5.11 Å². The van der Waals surface area contributed by atoms with Gasteiger partial charge in [0.25, 0.3) is 0 Å². The average molecular weight is 206 g/mol. The summed E-state index contributed by atoms with van der Waals surface area (Å²) in [6.45, 7) is 6.79. The molecule has 0 aromatic heterocycles. The second-order valence-corrected chi connectivity index (χ2v) is 4.52. The fraction of sp³-hybridized carbons (Fsp3) is 0.571. The quantitative estimate of drug-likeness (QED) is 0.784. The molecular weight excluding hydrogens is 184 g/mol. The molecule has 0 aliphatic carbocycles. The van der Waals surface area contributed by atoms with Gasteiger partial charge >= 0.3 is 0 Å². The van der Waals surface area contributed by atoms with Gasteiger partial charge < -0.3 is 5.11 Å². The molecule has 0 spiro atoms. The predicted octanol–water partition coefficient (Wildman–Crippen LogP) is 3.19. The summed E-state index contributed by atoms with van der Waals surface area (Å²) in [5.41, 5.74) is 2.63. The molecule has 2 atom stereocenters. The smallest absolute Gasteiger partial charge is 0.0464 e. The van der Waals surface area contributed by atoms with E-state index in [1.165, 1.54) is 11.1 Å². The molecule has 0 bridgehead atoms. The average Bonchev–Trinajstić information content (AvgIpc) is 2.27. The number of benzene rings is 1. The SMILES string of the molecule is CCC(C)C(CO)Cc1ccc(C)cc1. The van der Waals surface area contributed by atoms with E-state index in [9.17, 15) is 5.11 Å². The molecule has 0 aliphatic heterocycles. The molecule has 0 fully saturated rings. The molecule has 1 heteroatoms. The number of rotatable bonds is 5. The molecule has 1 rings (SSSR count). The normalized spacial score (nSPS) is 14.9. The molecule has 1 aromatic carbocycles. The van der Waals surface area contributed by atoms with Gasteiger partial charge in [-0.1, -0.05) is 50.1 Å². The highest BCUT2D eigenvalue weighted by Gasteiger charge is 2.14. The second kappa shape index (κ2) is 5.92. The number of aliphatic hydroxyl groups is 1. The molecule has 15 heavy (non-hydrogen) atoms. The highest BCUT2D eigenvalue weighted by atomic mass is 16.3. The Morgan fingerprint density at radius 2 is 1.80 bits per heavy atom. The first-order chi connectivity index (χ1) is 7.17. The van der Waals surface area contributed by atoms with Crippen molar-refractivity contribution in [2.75, 3.05) is 6.61 Å². The lowest BCUT2D eigenvalue weighted by Crippen LogP contribution is -2.18. The molecule has 0 heterocycles. The van der Waals surface area contributed by atoms with Gasteiger partial charge in [-0.2, -0.15) is 0 Å². The van der Waals surface area contributed by atoms with E-state index in [0.29, 0.717) is 18.4 Å². The molecule has 0 aliphatic rings. The van der Waals surface area contributed by atoms with E-state index in [0.717, 1.165) is 12.8 Å². The summed E-state index contributed by atoms with van der Waals surface area (Å²) in [6, 6.07) is 8.61. The Bertz CT molecular complexity index is 276. The van der Waals surface area contributed by atoms with Gasteiger partial charge in [-0.15, -0.1) is 0 Å². The van der Waals surface area contributed by atoms with Crippen molar-refractivity contribution >= 4 is 0 Å². The summed E-state index contributed by atoms with van der Waals surface area (Å²) in [4.78, 5) is 0. The van der Waals surface area contributed by atoms with E-state index >= 15 is 0 Å². The molecule has 84 valence electrons. The van der Waals surface area contributed by atoms with Gasteiger partial charge in [0, 0.05) is 6.61 Å². The summed E-state index contributed by atoms with van der Waals surface area (Å²) in [6.07, 6.45) is 2.13. The van der Waals surface area contributed by atoms with E-state index in [4.69, 9.17) is 0 Å². The molecule has 0 radical (unpaired) electrons. The van der Waals surface area contributed by atoms with Crippen LogP contribution in [0, 0.1) is 18.8 Å². The van der Waals surface area contributed by atoms with Crippen molar-refractivity contribution in [1.29, 1.82) is 0 Å². The van der Waals surface area contributed by atoms with Gasteiger partial charge in [0.05, 0.1) is 0 Å². The molecule has 0 saturated heterocycles. The van der Waals surface area contributed by atoms with E-state index in [1.54, 1.807) is 0 Å². The second-order valence-electron chi connectivity index (χ2n) is 4.52. The van der Waals surface area contributed by atoms with Crippen LogP contribution in [0.3, 0.4) is 0 Å². The van der Waals surface area contributed by atoms with Crippen LogP contribution in [0.5, 0.6) is 0 Å².